The fraction of sp³-hybridized carbons (Fsp3) is 0.800. The molecule has 0 saturated carbocycles. The largest absolute Gasteiger partial charge is 0.505 e. The first-order chi connectivity index (χ1) is 4.77. The molecule has 5 nitrogen and oxygen atoms in total. The standard InChI is InChI=1S/C5H11NO4.ClH/c6-1-2-9-3-4-10-5(7)8;/h1-4,6H2,(H,7,8);1H. The summed E-state index contributed by atoms with van der Waals surface area (Å²) in [6.45, 7) is 1.20. The summed E-state index contributed by atoms with van der Waals surface area (Å²) in [5.41, 5.74) is 5.09. The second-order valence-electron chi connectivity index (χ2n) is 1.52. The van der Waals surface area contributed by atoms with Crippen LogP contribution in [0.25, 0.3) is 0 Å². The molecule has 0 aromatic carbocycles. The maximum Gasteiger partial charge on any atom is 0.505 e. The van der Waals surface area contributed by atoms with Gasteiger partial charge in [0.1, 0.15) is 6.61 Å². The van der Waals surface area contributed by atoms with Crippen molar-refractivity contribution >= 4 is 18.6 Å². The first-order valence-electron chi connectivity index (χ1n) is 2.91. The molecule has 0 aromatic rings. The predicted octanol–water partition coefficient (Wildman–Crippen LogP) is 0.0781. The fourth-order valence-electron chi connectivity index (χ4n) is 0.373. The van der Waals surface area contributed by atoms with Crippen LogP contribution in [-0.2, 0) is 9.47 Å². The highest BCUT2D eigenvalue weighted by atomic mass is 35.5. The molecule has 11 heavy (non-hydrogen) atoms. The lowest BCUT2D eigenvalue weighted by atomic mass is 10.7. The number of hydrogen-bond acceptors (Lipinski definition) is 4. The Balaban J connectivity index is 0. The van der Waals surface area contributed by atoms with E-state index in [1.165, 1.54) is 0 Å². The Morgan fingerprint density at radius 1 is 1.36 bits per heavy atom. The molecule has 0 aromatic heterocycles. The van der Waals surface area contributed by atoms with Gasteiger partial charge in [-0.15, -0.1) is 12.4 Å². The number of halogens is 1. The zero-order valence-corrected chi connectivity index (χ0v) is 6.80. The maximum atomic E-state index is 9.73. The van der Waals surface area contributed by atoms with Gasteiger partial charge in [0.25, 0.3) is 0 Å². The smallest absolute Gasteiger partial charge is 0.450 e. The molecule has 0 spiro atoms. The Morgan fingerprint density at radius 2 is 2.00 bits per heavy atom. The highest BCUT2D eigenvalue weighted by Gasteiger charge is 1.93. The van der Waals surface area contributed by atoms with Crippen LogP contribution in [0.1, 0.15) is 0 Å². The van der Waals surface area contributed by atoms with Crippen molar-refractivity contribution < 1.29 is 19.4 Å². The number of rotatable bonds is 5. The van der Waals surface area contributed by atoms with Gasteiger partial charge in [-0.2, -0.15) is 0 Å². The highest BCUT2D eigenvalue weighted by molar-refractivity contribution is 5.85. The van der Waals surface area contributed by atoms with Crippen molar-refractivity contribution in [1.82, 2.24) is 0 Å². The summed E-state index contributed by atoms with van der Waals surface area (Å²) in [5, 5.41) is 7.97. The average Bonchev–Trinajstić information content (AvgIpc) is 1.87. The SMILES string of the molecule is Cl.NCCOCCOC(=O)O. The Hall–Kier alpha value is -0.520. The second kappa shape index (κ2) is 9.48. The zero-order chi connectivity index (χ0) is 7.82. The van der Waals surface area contributed by atoms with E-state index in [2.05, 4.69) is 4.74 Å². The van der Waals surface area contributed by atoms with Gasteiger partial charge in [0.2, 0.25) is 0 Å². The Morgan fingerprint density at radius 3 is 2.45 bits per heavy atom. The minimum Gasteiger partial charge on any atom is -0.450 e. The van der Waals surface area contributed by atoms with E-state index >= 15 is 0 Å². The van der Waals surface area contributed by atoms with E-state index < -0.39 is 6.16 Å². The van der Waals surface area contributed by atoms with Crippen molar-refractivity contribution in [3.63, 3.8) is 0 Å². The molecule has 0 rings (SSSR count). The lowest BCUT2D eigenvalue weighted by molar-refractivity contribution is 0.0500. The molecule has 6 heteroatoms. The van der Waals surface area contributed by atoms with E-state index in [0.717, 1.165) is 0 Å². The van der Waals surface area contributed by atoms with Crippen molar-refractivity contribution in [2.75, 3.05) is 26.4 Å². The first kappa shape index (κ1) is 13.1. The van der Waals surface area contributed by atoms with Crippen LogP contribution in [0.15, 0.2) is 0 Å². The molecular weight excluding hydrogens is 174 g/mol. The van der Waals surface area contributed by atoms with Crippen molar-refractivity contribution in [2.24, 2.45) is 5.73 Å². The summed E-state index contributed by atoms with van der Waals surface area (Å²) in [7, 11) is 0. The minimum absolute atomic E-state index is 0. The summed E-state index contributed by atoms with van der Waals surface area (Å²) < 4.78 is 8.96. The van der Waals surface area contributed by atoms with Crippen LogP contribution in [0.2, 0.25) is 0 Å². The van der Waals surface area contributed by atoms with Crippen molar-refractivity contribution in [3.8, 4) is 0 Å². The Labute approximate surface area is 70.9 Å². The third-order valence-corrected chi connectivity index (χ3v) is 0.715. The number of carboxylic acid groups (broad SMARTS) is 1. The van der Waals surface area contributed by atoms with Crippen LogP contribution in [0, 0.1) is 0 Å². The summed E-state index contributed by atoms with van der Waals surface area (Å²) >= 11 is 0. The average molecular weight is 186 g/mol. The maximum absolute atomic E-state index is 9.73. The lowest BCUT2D eigenvalue weighted by Gasteiger charge is -2.00. The monoisotopic (exact) mass is 185 g/mol. The topological polar surface area (TPSA) is 81.8 Å². The molecule has 0 atom stereocenters. The Kier molecular flexibility index (Phi) is 11.3. The van der Waals surface area contributed by atoms with Crippen molar-refractivity contribution in [1.29, 1.82) is 0 Å². The number of hydrogen-bond donors (Lipinski definition) is 2. The van der Waals surface area contributed by atoms with Gasteiger partial charge in [-0.3, -0.25) is 0 Å². The van der Waals surface area contributed by atoms with E-state index in [9.17, 15) is 4.79 Å². The van der Waals surface area contributed by atoms with Gasteiger partial charge in [0.15, 0.2) is 0 Å². The van der Waals surface area contributed by atoms with Gasteiger partial charge in [-0.25, -0.2) is 4.79 Å². The van der Waals surface area contributed by atoms with Crippen LogP contribution in [0.5, 0.6) is 0 Å². The van der Waals surface area contributed by atoms with Gasteiger partial charge < -0.3 is 20.3 Å². The molecule has 68 valence electrons. The van der Waals surface area contributed by atoms with Gasteiger partial charge in [-0.05, 0) is 0 Å². The third-order valence-electron chi connectivity index (χ3n) is 0.715. The van der Waals surface area contributed by atoms with E-state index in [-0.39, 0.29) is 25.6 Å². The fourth-order valence-corrected chi connectivity index (χ4v) is 0.373. The summed E-state index contributed by atoms with van der Waals surface area (Å²) in [6.07, 6.45) is -1.28. The molecule has 3 N–H and O–H groups in total. The molecule has 0 amide bonds. The van der Waals surface area contributed by atoms with E-state index in [1.54, 1.807) is 0 Å². The summed E-state index contributed by atoms with van der Waals surface area (Å²) in [5.74, 6) is 0. The predicted molar refractivity (Wildman–Crippen MR) is 41.1 cm³/mol. The minimum atomic E-state index is -1.28. The van der Waals surface area contributed by atoms with Crippen LogP contribution < -0.4 is 5.73 Å². The van der Waals surface area contributed by atoms with Gasteiger partial charge in [0.05, 0.1) is 13.2 Å². The van der Waals surface area contributed by atoms with Crippen molar-refractivity contribution in [2.45, 2.75) is 0 Å². The van der Waals surface area contributed by atoms with Gasteiger partial charge in [0, 0.05) is 6.54 Å². The van der Waals surface area contributed by atoms with Crippen molar-refractivity contribution in [3.05, 3.63) is 0 Å². The molecule has 0 aliphatic rings. The number of ether oxygens (including phenoxy) is 2. The van der Waals surface area contributed by atoms with E-state index in [4.69, 9.17) is 15.6 Å². The second-order valence-corrected chi connectivity index (χ2v) is 1.52. The zero-order valence-electron chi connectivity index (χ0n) is 5.99. The molecule has 0 unspecified atom stereocenters. The highest BCUT2D eigenvalue weighted by Crippen LogP contribution is 1.77. The van der Waals surface area contributed by atoms with Gasteiger partial charge >= 0.3 is 6.16 Å². The Bertz CT molecular complexity index is 100. The molecule has 0 aliphatic heterocycles. The van der Waals surface area contributed by atoms with Gasteiger partial charge in [-0.1, -0.05) is 0 Å². The summed E-state index contributed by atoms with van der Waals surface area (Å²) in [4.78, 5) is 9.73. The molecular formula is C5H12ClNO4. The molecule has 0 fully saturated rings. The van der Waals surface area contributed by atoms with Crippen LogP contribution >= 0.6 is 12.4 Å². The number of carbonyl (C=O) groups is 1. The van der Waals surface area contributed by atoms with Crippen LogP contribution in [0.4, 0.5) is 4.79 Å². The molecule has 0 bridgehead atoms. The molecule has 0 aliphatic carbocycles. The third kappa shape index (κ3) is 12.6. The molecule has 0 heterocycles. The quantitative estimate of drug-likeness (QED) is 0.468. The lowest BCUT2D eigenvalue weighted by Crippen LogP contribution is -2.13. The molecule has 0 radical (unpaired) electrons. The van der Waals surface area contributed by atoms with Crippen LogP contribution in [0.3, 0.4) is 0 Å². The normalized spacial score (nSPS) is 8.45. The molecule has 0 saturated heterocycles. The summed E-state index contributed by atoms with van der Waals surface area (Å²) in [6, 6.07) is 0. The first-order valence-corrected chi connectivity index (χ1v) is 2.91. The van der Waals surface area contributed by atoms with Crippen LogP contribution in [-0.4, -0.2) is 37.6 Å². The number of nitrogens with two attached hydrogens (primary N) is 1. The van der Waals surface area contributed by atoms with E-state index in [0.29, 0.717) is 13.2 Å². The van der Waals surface area contributed by atoms with E-state index in [1.807, 2.05) is 0 Å².